The number of hydrogen-bond acceptors (Lipinski definition) is 5. The van der Waals surface area contributed by atoms with E-state index >= 15 is 0 Å². The van der Waals surface area contributed by atoms with Crippen LogP contribution in [-0.2, 0) is 26.7 Å². The van der Waals surface area contributed by atoms with Crippen molar-refractivity contribution in [2.24, 2.45) is 0 Å². The Balaban J connectivity index is 2.06. The summed E-state index contributed by atoms with van der Waals surface area (Å²) in [6.45, 7) is 1.76. The van der Waals surface area contributed by atoms with E-state index in [0.717, 1.165) is 11.1 Å². The zero-order chi connectivity index (χ0) is 18.1. The molecule has 0 spiro atoms. The zero-order valence-corrected chi connectivity index (χ0v) is 15.6. The number of benzene rings is 2. The molecule has 1 N–H and O–H groups in total. The van der Waals surface area contributed by atoms with Crippen molar-refractivity contribution in [3.8, 4) is 0 Å². The summed E-state index contributed by atoms with van der Waals surface area (Å²) in [6.07, 6.45) is -0.835. The number of hydrogen-bond donors (Lipinski definition) is 1. The molecule has 25 heavy (non-hydrogen) atoms. The molecule has 0 aliphatic carbocycles. The Labute approximate surface area is 149 Å². The molecule has 2 rings (SSSR count). The number of aliphatic hydroxyl groups excluding tert-OH is 1. The second-order valence-electron chi connectivity index (χ2n) is 5.95. The molecule has 0 saturated heterocycles. The second kappa shape index (κ2) is 9.85. The van der Waals surface area contributed by atoms with Crippen LogP contribution in [0.25, 0.3) is 0 Å². The van der Waals surface area contributed by atoms with Gasteiger partial charge in [0.1, 0.15) is 0 Å². The fourth-order valence-electron chi connectivity index (χ4n) is 2.71. The molecule has 0 fully saturated rings. The van der Waals surface area contributed by atoms with E-state index in [2.05, 4.69) is 29.2 Å². The maximum absolute atomic E-state index is 12.2. The minimum Gasteiger partial charge on any atom is -0.391 e. The highest BCUT2D eigenvalue weighted by Gasteiger charge is 2.27. The smallest absolute Gasteiger partial charge is 0.332 e. The maximum Gasteiger partial charge on any atom is 0.332 e. The normalized spacial score (nSPS) is 13.1. The first-order valence-corrected chi connectivity index (χ1v) is 9.96. The Bertz CT molecular complexity index is 616. The molecule has 0 aliphatic rings. The highest BCUT2D eigenvalue weighted by atomic mass is 31.2. The van der Waals surface area contributed by atoms with E-state index in [1.807, 2.05) is 36.4 Å². The van der Waals surface area contributed by atoms with Gasteiger partial charge in [0.2, 0.25) is 0 Å². The first-order chi connectivity index (χ1) is 12.0. The van der Waals surface area contributed by atoms with E-state index in [1.54, 1.807) is 0 Å². The summed E-state index contributed by atoms with van der Waals surface area (Å²) in [4.78, 5) is 2.13. The highest BCUT2D eigenvalue weighted by molar-refractivity contribution is 7.53. The average molecular weight is 363 g/mol. The van der Waals surface area contributed by atoms with Gasteiger partial charge in [0.15, 0.2) is 0 Å². The molecular weight excluding hydrogens is 337 g/mol. The van der Waals surface area contributed by atoms with Crippen molar-refractivity contribution in [1.82, 2.24) is 4.90 Å². The van der Waals surface area contributed by atoms with Crippen molar-refractivity contribution < 1.29 is 18.7 Å². The quantitative estimate of drug-likeness (QED) is 0.655. The Morgan fingerprint density at radius 1 is 0.920 bits per heavy atom. The Hall–Kier alpha value is -1.49. The molecule has 2 aromatic rings. The lowest BCUT2D eigenvalue weighted by Gasteiger charge is -2.26. The van der Waals surface area contributed by atoms with E-state index in [0.29, 0.717) is 19.6 Å². The number of rotatable bonds is 10. The van der Waals surface area contributed by atoms with Crippen LogP contribution >= 0.6 is 7.60 Å². The Morgan fingerprint density at radius 2 is 1.36 bits per heavy atom. The maximum atomic E-state index is 12.2. The predicted octanol–water partition coefficient (Wildman–Crippen LogP) is 3.54. The first-order valence-electron chi connectivity index (χ1n) is 8.23. The first kappa shape index (κ1) is 19.8. The molecule has 0 aliphatic heterocycles. The fourth-order valence-corrected chi connectivity index (χ4v) is 3.78. The van der Waals surface area contributed by atoms with Crippen molar-refractivity contribution in [2.75, 3.05) is 26.9 Å². The van der Waals surface area contributed by atoms with Gasteiger partial charge in [-0.2, -0.15) is 0 Å². The molecule has 6 heteroatoms. The van der Waals surface area contributed by atoms with Gasteiger partial charge in [-0.25, -0.2) is 0 Å². The molecule has 0 amide bonds. The van der Waals surface area contributed by atoms with Crippen LogP contribution in [0.1, 0.15) is 11.1 Å². The third-order valence-corrected chi connectivity index (χ3v) is 5.94. The summed E-state index contributed by atoms with van der Waals surface area (Å²) in [5.74, 6) is 0. The largest absolute Gasteiger partial charge is 0.391 e. The van der Waals surface area contributed by atoms with Gasteiger partial charge in [0.25, 0.3) is 0 Å². The summed E-state index contributed by atoms with van der Waals surface area (Å²) in [7, 11) is -0.563. The molecule has 0 saturated carbocycles. The lowest BCUT2D eigenvalue weighted by atomic mass is 10.1. The van der Waals surface area contributed by atoms with Gasteiger partial charge in [-0.05, 0) is 11.1 Å². The second-order valence-corrected chi connectivity index (χ2v) is 8.27. The minimum atomic E-state index is -3.24. The topological polar surface area (TPSA) is 59.0 Å². The van der Waals surface area contributed by atoms with E-state index in [1.165, 1.54) is 14.2 Å². The van der Waals surface area contributed by atoms with Crippen LogP contribution in [0.2, 0.25) is 0 Å². The molecule has 136 valence electrons. The SMILES string of the molecule is COP(=O)(C[C@@H](O)CN(Cc1ccccc1)Cc1ccccc1)OC. The summed E-state index contributed by atoms with van der Waals surface area (Å²) < 4.78 is 22.1. The lowest BCUT2D eigenvalue weighted by Crippen LogP contribution is -2.33. The van der Waals surface area contributed by atoms with E-state index < -0.39 is 13.7 Å². The third-order valence-electron chi connectivity index (χ3n) is 3.96. The number of aliphatic hydroxyl groups is 1. The van der Waals surface area contributed by atoms with Gasteiger partial charge in [-0.3, -0.25) is 9.46 Å². The highest BCUT2D eigenvalue weighted by Crippen LogP contribution is 2.46. The van der Waals surface area contributed by atoms with Gasteiger partial charge >= 0.3 is 7.60 Å². The van der Waals surface area contributed by atoms with E-state index in [9.17, 15) is 9.67 Å². The van der Waals surface area contributed by atoms with Crippen molar-refractivity contribution >= 4 is 7.60 Å². The molecule has 0 unspecified atom stereocenters. The predicted molar refractivity (Wildman–Crippen MR) is 99.5 cm³/mol. The summed E-state index contributed by atoms with van der Waals surface area (Å²) in [5.41, 5.74) is 2.32. The van der Waals surface area contributed by atoms with Gasteiger partial charge < -0.3 is 14.2 Å². The van der Waals surface area contributed by atoms with Gasteiger partial charge in [-0.1, -0.05) is 60.7 Å². The molecule has 2 aromatic carbocycles. The van der Waals surface area contributed by atoms with Crippen molar-refractivity contribution in [2.45, 2.75) is 19.2 Å². The number of nitrogens with zero attached hydrogens (tertiary/aromatic N) is 1. The van der Waals surface area contributed by atoms with Crippen LogP contribution in [0.15, 0.2) is 60.7 Å². The van der Waals surface area contributed by atoms with Gasteiger partial charge in [-0.15, -0.1) is 0 Å². The Kier molecular flexibility index (Phi) is 7.82. The van der Waals surface area contributed by atoms with Gasteiger partial charge in [0, 0.05) is 33.9 Å². The summed E-state index contributed by atoms with van der Waals surface area (Å²) in [5, 5.41) is 10.4. The minimum absolute atomic E-state index is 0.0277. The molecule has 5 nitrogen and oxygen atoms in total. The van der Waals surface area contributed by atoms with Gasteiger partial charge in [0.05, 0.1) is 12.3 Å². The zero-order valence-electron chi connectivity index (χ0n) is 14.7. The van der Waals surface area contributed by atoms with Crippen LogP contribution < -0.4 is 0 Å². The monoisotopic (exact) mass is 363 g/mol. The average Bonchev–Trinajstić information content (AvgIpc) is 2.63. The van der Waals surface area contributed by atoms with E-state index in [-0.39, 0.29) is 6.16 Å². The Morgan fingerprint density at radius 3 is 1.76 bits per heavy atom. The van der Waals surface area contributed by atoms with Crippen molar-refractivity contribution in [3.05, 3.63) is 71.8 Å². The molecule has 1 atom stereocenters. The van der Waals surface area contributed by atoms with Crippen LogP contribution in [0.5, 0.6) is 0 Å². The molecule has 0 radical (unpaired) electrons. The van der Waals surface area contributed by atoms with Crippen molar-refractivity contribution in [3.63, 3.8) is 0 Å². The van der Waals surface area contributed by atoms with Crippen LogP contribution in [0, 0.1) is 0 Å². The van der Waals surface area contributed by atoms with Crippen LogP contribution in [-0.4, -0.2) is 43.0 Å². The van der Waals surface area contributed by atoms with Crippen molar-refractivity contribution in [1.29, 1.82) is 0 Å². The lowest BCUT2D eigenvalue weighted by molar-refractivity contribution is 0.113. The summed E-state index contributed by atoms with van der Waals surface area (Å²) >= 11 is 0. The molecular formula is C19H26NO4P. The van der Waals surface area contributed by atoms with Crippen LogP contribution in [0.4, 0.5) is 0 Å². The van der Waals surface area contributed by atoms with Crippen LogP contribution in [0.3, 0.4) is 0 Å². The fraction of sp³-hybridized carbons (Fsp3) is 0.368. The third kappa shape index (κ3) is 6.73. The molecule has 0 bridgehead atoms. The van der Waals surface area contributed by atoms with E-state index in [4.69, 9.17) is 9.05 Å². The molecule has 0 heterocycles. The summed E-state index contributed by atoms with van der Waals surface area (Å²) in [6, 6.07) is 20.2. The molecule has 0 aromatic heterocycles. The standard InChI is InChI=1S/C19H26NO4P/c1-23-25(22,24-2)16-19(21)15-20(13-17-9-5-3-6-10-17)14-18-11-7-4-8-12-18/h3-12,19,21H,13-16H2,1-2H3/t19-/m0/s1.